The second-order valence-corrected chi connectivity index (χ2v) is 10.2. The fourth-order valence-electron chi connectivity index (χ4n) is 5.27. The lowest BCUT2D eigenvalue weighted by Crippen LogP contribution is -2.47. The Balaban J connectivity index is 1.28. The van der Waals surface area contributed by atoms with Gasteiger partial charge in [-0.1, -0.05) is 12.1 Å². The number of para-hydroxylation sites is 2. The van der Waals surface area contributed by atoms with Crippen LogP contribution in [0.5, 0.6) is 0 Å². The number of nitrogen functional groups attached to an aromatic ring is 1. The van der Waals surface area contributed by atoms with Crippen molar-refractivity contribution >= 4 is 40.5 Å². The average Bonchev–Trinajstić information content (AvgIpc) is 3.59. The minimum absolute atomic E-state index is 0.183. The molecule has 0 aliphatic carbocycles. The Kier molecular flexibility index (Phi) is 8.23. The molecular weight excluding hydrogens is 508 g/mol. The Morgan fingerprint density at radius 3 is 2.35 bits per heavy atom. The van der Waals surface area contributed by atoms with E-state index >= 15 is 0 Å². The molecule has 0 unspecified atom stereocenters. The summed E-state index contributed by atoms with van der Waals surface area (Å²) in [7, 11) is 0. The van der Waals surface area contributed by atoms with E-state index in [1.807, 2.05) is 35.2 Å². The van der Waals surface area contributed by atoms with Crippen molar-refractivity contribution in [2.45, 2.75) is 26.2 Å². The zero-order valence-electron chi connectivity index (χ0n) is 22.8. The highest BCUT2D eigenvalue weighted by molar-refractivity contribution is 6.05. The van der Waals surface area contributed by atoms with E-state index in [1.165, 1.54) is 0 Å². The molecule has 2 aliphatic rings. The lowest BCUT2D eigenvalue weighted by atomic mass is 10.1. The van der Waals surface area contributed by atoms with Crippen molar-refractivity contribution < 1.29 is 18.8 Å². The van der Waals surface area contributed by atoms with Gasteiger partial charge in [-0.15, -0.1) is 0 Å². The zero-order valence-corrected chi connectivity index (χ0v) is 22.8. The van der Waals surface area contributed by atoms with Crippen molar-refractivity contribution in [1.82, 2.24) is 10.2 Å². The second-order valence-electron chi connectivity index (χ2n) is 10.2. The first-order valence-corrected chi connectivity index (χ1v) is 13.8. The summed E-state index contributed by atoms with van der Waals surface area (Å²) >= 11 is 0. The number of nitrogens with zero attached hydrogens (tertiary/aromatic N) is 3. The van der Waals surface area contributed by atoms with Crippen molar-refractivity contribution in [1.29, 1.82) is 0 Å². The molecule has 2 saturated heterocycles. The van der Waals surface area contributed by atoms with Crippen molar-refractivity contribution in [3.63, 3.8) is 0 Å². The summed E-state index contributed by atoms with van der Waals surface area (Å²) in [4.78, 5) is 44.1. The highest BCUT2D eigenvalue weighted by Gasteiger charge is 2.23. The monoisotopic (exact) mass is 544 g/mol. The molecule has 0 atom stereocenters. The Labute approximate surface area is 234 Å². The van der Waals surface area contributed by atoms with E-state index in [0.717, 1.165) is 56.2 Å². The normalized spacial score (nSPS) is 15.4. The van der Waals surface area contributed by atoms with E-state index in [4.69, 9.17) is 10.2 Å². The predicted molar refractivity (Wildman–Crippen MR) is 156 cm³/mol. The van der Waals surface area contributed by atoms with Gasteiger partial charge in [0, 0.05) is 57.8 Å². The van der Waals surface area contributed by atoms with E-state index in [-0.39, 0.29) is 23.5 Å². The number of carbonyl (C=O) groups excluding carboxylic acids is 3. The maximum absolute atomic E-state index is 13.0. The third kappa shape index (κ3) is 6.22. The van der Waals surface area contributed by atoms with Gasteiger partial charge >= 0.3 is 0 Å². The first-order valence-electron chi connectivity index (χ1n) is 13.8. The van der Waals surface area contributed by atoms with Crippen LogP contribution in [0.2, 0.25) is 0 Å². The first kappa shape index (κ1) is 27.1. The molecule has 10 heteroatoms. The summed E-state index contributed by atoms with van der Waals surface area (Å²) < 4.78 is 5.52. The van der Waals surface area contributed by atoms with Gasteiger partial charge in [0.2, 0.25) is 5.91 Å². The molecule has 40 heavy (non-hydrogen) atoms. The third-order valence-corrected chi connectivity index (χ3v) is 7.43. The molecule has 1 aromatic heterocycles. The number of anilines is 4. The van der Waals surface area contributed by atoms with Crippen LogP contribution in [-0.2, 0) is 4.79 Å². The number of amides is 3. The zero-order chi connectivity index (χ0) is 28.1. The number of carbonyl (C=O) groups is 3. The van der Waals surface area contributed by atoms with Crippen molar-refractivity contribution in [3.05, 3.63) is 71.7 Å². The molecule has 210 valence electrons. The summed E-state index contributed by atoms with van der Waals surface area (Å²) in [5.41, 5.74) is 9.79. The number of rotatable bonds is 9. The maximum atomic E-state index is 13.0. The second kappa shape index (κ2) is 12.1. The Morgan fingerprint density at radius 2 is 1.68 bits per heavy atom. The van der Waals surface area contributed by atoms with Crippen LogP contribution >= 0.6 is 0 Å². The summed E-state index contributed by atoms with van der Waals surface area (Å²) in [5, 5.41) is 5.90. The minimum Gasteiger partial charge on any atom is -0.456 e. The lowest BCUT2D eigenvalue weighted by molar-refractivity contribution is -0.127. The van der Waals surface area contributed by atoms with Gasteiger partial charge in [-0.25, -0.2) is 0 Å². The first-order chi connectivity index (χ1) is 19.4. The summed E-state index contributed by atoms with van der Waals surface area (Å²) in [6, 6.07) is 16.6. The molecule has 0 bridgehead atoms. The lowest BCUT2D eigenvalue weighted by Gasteiger charge is -2.38. The summed E-state index contributed by atoms with van der Waals surface area (Å²) in [5.74, 6) is 0.428. The fraction of sp³-hybridized carbons (Fsp3) is 0.367. The Morgan fingerprint density at radius 1 is 0.925 bits per heavy atom. The number of likely N-dealkylation sites (tertiary alicyclic amines) is 1. The third-order valence-electron chi connectivity index (χ3n) is 7.43. The topological polar surface area (TPSA) is 124 Å². The highest BCUT2D eigenvalue weighted by atomic mass is 16.3. The van der Waals surface area contributed by atoms with Gasteiger partial charge in [0.1, 0.15) is 5.76 Å². The Bertz CT molecular complexity index is 1380. The molecule has 0 saturated carbocycles. The van der Waals surface area contributed by atoms with Crippen molar-refractivity contribution in [2.24, 2.45) is 0 Å². The number of piperazine rings is 1. The molecule has 10 nitrogen and oxygen atoms in total. The summed E-state index contributed by atoms with van der Waals surface area (Å²) in [6.45, 7) is 6.65. The number of hydrogen-bond donors (Lipinski definition) is 3. The Hall–Kier alpha value is -4.47. The van der Waals surface area contributed by atoms with Crippen LogP contribution in [0.15, 0.2) is 59.0 Å². The maximum Gasteiger partial charge on any atom is 0.291 e. The number of nitrogens with two attached hydrogens (primary N) is 1. The number of aryl methyl sites for hydroxylation is 1. The quantitative estimate of drug-likeness (QED) is 0.278. The van der Waals surface area contributed by atoms with E-state index in [2.05, 4.69) is 20.4 Å². The minimum atomic E-state index is -0.377. The predicted octanol–water partition coefficient (Wildman–Crippen LogP) is 3.49. The molecule has 0 radical (unpaired) electrons. The molecule has 3 heterocycles. The SMILES string of the molecule is Cc1ccc(C(=O)Nc2cc(C(=O)NCCCN3CCCC3=O)ccc2N2CCN(c3ccccc3N)CC2)o1. The van der Waals surface area contributed by atoms with Gasteiger partial charge in [0.05, 0.1) is 22.7 Å². The number of nitrogens with one attached hydrogen (secondary N) is 2. The van der Waals surface area contributed by atoms with E-state index < -0.39 is 0 Å². The average molecular weight is 545 g/mol. The van der Waals surface area contributed by atoms with Crippen LogP contribution in [0.4, 0.5) is 22.7 Å². The van der Waals surface area contributed by atoms with Gasteiger partial charge in [-0.3, -0.25) is 14.4 Å². The molecular formula is C30H36N6O4. The van der Waals surface area contributed by atoms with Gasteiger partial charge in [0.15, 0.2) is 5.76 Å². The van der Waals surface area contributed by atoms with Crippen LogP contribution in [0.3, 0.4) is 0 Å². The van der Waals surface area contributed by atoms with E-state index in [9.17, 15) is 14.4 Å². The molecule has 5 rings (SSSR count). The molecule has 3 amide bonds. The molecule has 2 fully saturated rings. The van der Waals surface area contributed by atoms with Crippen molar-refractivity contribution in [2.75, 3.05) is 66.7 Å². The fourth-order valence-corrected chi connectivity index (χ4v) is 5.27. The van der Waals surface area contributed by atoms with Crippen LogP contribution in [0.1, 0.15) is 45.9 Å². The van der Waals surface area contributed by atoms with Crippen LogP contribution < -0.4 is 26.2 Å². The smallest absolute Gasteiger partial charge is 0.291 e. The van der Waals surface area contributed by atoms with Crippen LogP contribution in [0, 0.1) is 6.92 Å². The van der Waals surface area contributed by atoms with Crippen LogP contribution in [-0.4, -0.2) is 68.4 Å². The number of benzene rings is 2. The van der Waals surface area contributed by atoms with Gasteiger partial charge in [-0.2, -0.15) is 0 Å². The standard InChI is InChI=1S/C30H36N6O4/c1-21-9-12-27(40-21)30(39)33-24-20-22(29(38)32-13-5-15-36-14-4-8-28(36)37)10-11-26(24)35-18-16-34(17-19-35)25-7-3-2-6-23(25)31/h2-3,6-7,9-12,20H,4-5,8,13-19,31H2,1H3,(H,32,38)(H,33,39). The van der Waals surface area contributed by atoms with Gasteiger partial charge in [-0.05, 0) is 62.2 Å². The number of hydrogen-bond acceptors (Lipinski definition) is 7. The molecule has 0 spiro atoms. The largest absolute Gasteiger partial charge is 0.456 e. The molecule has 2 aliphatic heterocycles. The van der Waals surface area contributed by atoms with E-state index in [0.29, 0.717) is 42.9 Å². The summed E-state index contributed by atoms with van der Waals surface area (Å²) in [6.07, 6.45) is 2.20. The van der Waals surface area contributed by atoms with Crippen LogP contribution in [0.25, 0.3) is 0 Å². The molecule has 4 N–H and O–H groups in total. The molecule has 3 aromatic rings. The van der Waals surface area contributed by atoms with Crippen molar-refractivity contribution in [3.8, 4) is 0 Å². The highest BCUT2D eigenvalue weighted by Crippen LogP contribution is 2.31. The van der Waals surface area contributed by atoms with E-state index in [1.54, 1.807) is 31.2 Å². The molecule has 2 aromatic carbocycles. The van der Waals surface area contributed by atoms with Gasteiger partial charge in [0.25, 0.3) is 11.8 Å². The van der Waals surface area contributed by atoms with Gasteiger partial charge < -0.3 is 35.5 Å². The number of furan rings is 1.